The number of sulfonamides is 1. The maximum absolute atomic E-state index is 12.6. The molecule has 2 N–H and O–H groups in total. The zero-order valence-corrected chi connectivity index (χ0v) is 13.8. The lowest BCUT2D eigenvalue weighted by Crippen LogP contribution is -2.31. The van der Waals surface area contributed by atoms with E-state index >= 15 is 0 Å². The van der Waals surface area contributed by atoms with Crippen molar-refractivity contribution in [3.05, 3.63) is 59.0 Å². The van der Waals surface area contributed by atoms with E-state index in [1.165, 1.54) is 23.5 Å². The third kappa shape index (κ3) is 3.34. The Morgan fingerprint density at radius 2 is 1.75 bits per heavy atom. The second-order valence-corrected chi connectivity index (χ2v) is 7.32. The quantitative estimate of drug-likeness (QED) is 0.707. The molecule has 1 heterocycles. The molecule has 0 spiro atoms. The second-order valence-electron chi connectivity index (χ2n) is 5.27. The van der Waals surface area contributed by atoms with Gasteiger partial charge in [0.25, 0.3) is 0 Å². The second kappa shape index (κ2) is 6.50. The molecule has 0 saturated carbocycles. The minimum Gasteiger partial charge on any atom is -0.492 e. The molecule has 0 saturated heterocycles. The van der Waals surface area contributed by atoms with E-state index in [2.05, 4.69) is 9.97 Å². The van der Waals surface area contributed by atoms with Crippen LogP contribution in [-0.4, -0.2) is 42.9 Å². The van der Waals surface area contributed by atoms with Gasteiger partial charge in [-0.2, -0.15) is 4.31 Å². The van der Waals surface area contributed by atoms with E-state index < -0.39 is 10.0 Å². The lowest BCUT2D eigenvalue weighted by atomic mass is 10.3. The molecule has 0 aliphatic heterocycles. The topological polar surface area (TPSA) is 95.3 Å². The zero-order valence-electron chi connectivity index (χ0n) is 13.0. The summed E-state index contributed by atoms with van der Waals surface area (Å²) < 4.78 is 31.9. The minimum absolute atomic E-state index is 0.118. The summed E-state index contributed by atoms with van der Waals surface area (Å²) in [6, 6.07) is 13.7. The Hall–Kier alpha value is -2.58. The molecule has 0 bridgehead atoms. The van der Waals surface area contributed by atoms with Crippen molar-refractivity contribution in [3.8, 4) is 5.75 Å². The summed E-state index contributed by atoms with van der Waals surface area (Å²) in [5.41, 5.74) is 0.646. The molecule has 3 rings (SSSR count). The van der Waals surface area contributed by atoms with E-state index in [0.717, 1.165) is 0 Å². The van der Waals surface area contributed by atoms with Gasteiger partial charge in [0, 0.05) is 13.6 Å². The summed E-state index contributed by atoms with van der Waals surface area (Å²) in [5.74, 6) is 0.689. The number of rotatable bonds is 6. The van der Waals surface area contributed by atoms with Gasteiger partial charge in [-0.3, -0.25) is 0 Å². The Balaban J connectivity index is 1.71. The van der Waals surface area contributed by atoms with E-state index in [-0.39, 0.29) is 23.7 Å². The fraction of sp³-hybridized carbons (Fsp3) is 0.188. The highest BCUT2D eigenvalue weighted by molar-refractivity contribution is 7.89. The molecule has 7 nitrogen and oxygen atoms in total. The molecule has 1 aromatic heterocycles. The van der Waals surface area contributed by atoms with E-state index in [4.69, 9.17) is 4.74 Å². The third-order valence-corrected chi connectivity index (χ3v) is 5.47. The van der Waals surface area contributed by atoms with Crippen LogP contribution in [0.5, 0.6) is 5.75 Å². The first kappa shape index (κ1) is 16.3. The number of fused-ring (bicyclic) bond motifs is 1. The molecule has 3 aromatic rings. The molecule has 126 valence electrons. The first-order valence-electron chi connectivity index (χ1n) is 7.33. The fourth-order valence-corrected chi connectivity index (χ4v) is 3.46. The normalized spacial score (nSPS) is 11.9. The molecule has 0 unspecified atom stereocenters. The van der Waals surface area contributed by atoms with Gasteiger partial charge < -0.3 is 14.7 Å². The molecule has 8 heteroatoms. The molecule has 0 aliphatic carbocycles. The summed E-state index contributed by atoms with van der Waals surface area (Å²) in [6.07, 6.45) is 0. The van der Waals surface area contributed by atoms with Gasteiger partial charge >= 0.3 is 5.69 Å². The predicted octanol–water partition coefficient (Wildman–Crippen LogP) is 1.56. The first-order valence-corrected chi connectivity index (χ1v) is 8.77. The highest BCUT2D eigenvalue weighted by atomic mass is 32.2. The number of aromatic amines is 2. The Kier molecular flexibility index (Phi) is 4.41. The van der Waals surface area contributed by atoms with Crippen molar-refractivity contribution in [3.63, 3.8) is 0 Å². The molecular weight excluding hydrogens is 330 g/mol. The summed E-state index contributed by atoms with van der Waals surface area (Å²) in [6.45, 7) is 0.446. The number of imidazole rings is 1. The number of hydrogen-bond acceptors (Lipinski definition) is 4. The number of nitrogens with one attached hydrogen (secondary N) is 2. The number of aromatic nitrogens is 2. The number of benzene rings is 2. The molecule has 0 radical (unpaired) electrons. The van der Waals surface area contributed by atoms with Crippen LogP contribution >= 0.6 is 0 Å². The average Bonchev–Trinajstić information content (AvgIpc) is 2.94. The van der Waals surface area contributed by atoms with Crippen molar-refractivity contribution in [2.24, 2.45) is 0 Å². The van der Waals surface area contributed by atoms with Crippen LogP contribution in [0.3, 0.4) is 0 Å². The SMILES string of the molecule is CN(CCOc1ccccc1)S(=O)(=O)c1ccc2[nH]c(=O)[nH]c2c1. The smallest absolute Gasteiger partial charge is 0.323 e. The van der Waals surface area contributed by atoms with Gasteiger partial charge in [0.1, 0.15) is 12.4 Å². The molecule has 0 amide bonds. The molecule has 0 atom stereocenters. The average molecular weight is 347 g/mol. The monoisotopic (exact) mass is 347 g/mol. The van der Waals surface area contributed by atoms with Gasteiger partial charge in [0.05, 0.1) is 15.9 Å². The van der Waals surface area contributed by atoms with E-state index in [1.807, 2.05) is 30.3 Å². The summed E-state index contributed by atoms with van der Waals surface area (Å²) in [5, 5.41) is 0. The number of H-pyrrole nitrogens is 2. The largest absolute Gasteiger partial charge is 0.492 e. The third-order valence-electron chi connectivity index (χ3n) is 3.61. The number of ether oxygens (including phenoxy) is 1. The van der Waals surface area contributed by atoms with E-state index in [9.17, 15) is 13.2 Å². The van der Waals surface area contributed by atoms with Crippen molar-refractivity contribution >= 4 is 21.1 Å². The summed E-state index contributed by atoms with van der Waals surface area (Å²) >= 11 is 0. The van der Waals surface area contributed by atoms with Crippen LogP contribution in [0.4, 0.5) is 0 Å². The van der Waals surface area contributed by atoms with Crippen LogP contribution in [0.15, 0.2) is 58.2 Å². The van der Waals surface area contributed by atoms with E-state index in [1.54, 1.807) is 6.07 Å². The van der Waals surface area contributed by atoms with Crippen molar-refractivity contribution < 1.29 is 13.2 Å². The molecular formula is C16H17N3O4S. The van der Waals surface area contributed by atoms with Gasteiger partial charge in [-0.1, -0.05) is 18.2 Å². The Labute approximate surface area is 138 Å². The standard InChI is InChI=1S/C16H17N3O4S/c1-19(9-10-23-12-5-3-2-4-6-12)24(21,22)13-7-8-14-15(11-13)18-16(20)17-14/h2-8,11H,9-10H2,1H3,(H2,17,18,20). The van der Waals surface area contributed by atoms with Gasteiger partial charge in [0.2, 0.25) is 10.0 Å². The van der Waals surface area contributed by atoms with Crippen LogP contribution < -0.4 is 10.4 Å². The Morgan fingerprint density at radius 3 is 2.50 bits per heavy atom. The van der Waals surface area contributed by atoms with Crippen molar-refractivity contribution in [2.45, 2.75) is 4.90 Å². The first-order chi connectivity index (χ1) is 11.5. The maximum Gasteiger partial charge on any atom is 0.323 e. The van der Waals surface area contributed by atoms with Crippen LogP contribution in [0.1, 0.15) is 0 Å². The Morgan fingerprint density at radius 1 is 1.04 bits per heavy atom. The van der Waals surface area contributed by atoms with E-state index in [0.29, 0.717) is 16.8 Å². The summed E-state index contributed by atoms with van der Waals surface area (Å²) in [4.78, 5) is 16.5. The molecule has 24 heavy (non-hydrogen) atoms. The predicted molar refractivity (Wildman–Crippen MR) is 90.7 cm³/mol. The maximum atomic E-state index is 12.6. The number of hydrogen-bond donors (Lipinski definition) is 2. The Bertz CT molecular complexity index is 993. The highest BCUT2D eigenvalue weighted by Gasteiger charge is 2.21. The lowest BCUT2D eigenvalue weighted by molar-refractivity contribution is 0.287. The summed E-state index contributed by atoms with van der Waals surface area (Å²) in [7, 11) is -2.16. The van der Waals surface area contributed by atoms with Gasteiger partial charge in [-0.25, -0.2) is 13.2 Å². The van der Waals surface area contributed by atoms with Crippen LogP contribution in [-0.2, 0) is 10.0 Å². The molecule has 2 aromatic carbocycles. The number of para-hydroxylation sites is 1. The lowest BCUT2D eigenvalue weighted by Gasteiger charge is -2.17. The van der Waals surface area contributed by atoms with Crippen molar-refractivity contribution in [2.75, 3.05) is 20.2 Å². The van der Waals surface area contributed by atoms with Crippen LogP contribution in [0.25, 0.3) is 11.0 Å². The molecule has 0 aliphatic rings. The van der Waals surface area contributed by atoms with Gasteiger partial charge in [-0.15, -0.1) is 0 Å². The molecule has 0 fully saturated rings. The van der Waals surface area contributed by atoms with Crippen molar-refractivity contribution in [1.82, 2.24) is 14.3 Å². The van der Waals surface area contributed by atoms with Gasteiger partial charge in [-0.05, 0) is 30.3 Å². The van der Waals surface area contributed by atoms with Gasteiger partial charge in [0.15, 0.2) is 0 Å². The fourth-order valence-electron chi connectivity index (χ4n) is 2.28. The number of likely N-dealkylation sites (N-methyl/N-ethyl adjacent to an activating group) is 1. The van der Waals surface area contributed by atoms with Crippen LogP contribution in [0.2, 0.25) is 0 Å². The van der Waals surface area contributed by atoms with Crippen molar-refractivity contribution in [1.29, 1.82) is 0 Å². The zero-order chi connectivity index (χ0) is 17.2. The highest BCUT2D eigenvalue weighted by Crippen LogP contribution is 2.18. The number of nitrogens with zero attached hydrogens (tertiary/aromatic N) is 1. The van der Waals surface area contributed by atoms with Crippen LogP contribution in [0, 0.1) is 0 Å². The minimum atomic E-state index is -3.66.